The Kier molecular flexibility index (Phi) is 5.17. The first-order chi connectivity index (χ1) is 5.57. The van der Waals surface area contributed by atoms with E-state index in [1.54, 1.807) is 13.8 Å². The van der Waals surface area contributed by atoms with E-state index >= 15 is 0 Å². The first-order valence-electron chi connectivity index (χ1n) is 3.47. The third kappa shape index (κ3) is 4.77. The van der Waals surface area contributed by atoms with Gasteiger partial charge in [-0.1, -0.05) is 6.58 Å². The summed E-state index contributed by atoms with van der Waals surface area (Å²) >= 11 is 4.38. The molecule has 1 unspecified atom stereocenters. The molecule has 0 aromatic heterocycles. The first kappa shape index (κ1) is 11.0. The number of rotatable bonds is 4. The van der Waals surface area contributed by atoms with Gasteiger partial charge in [-0.3, -0.25) is 0 Å². The van der Waals surface area contributed by atoms with Crippen molar-refractivity contribution in [3.05, 3.63) is 12.2 Å². The molecule has 0 heterocycles. The molecule has 66 valence electrons. The van der Waals surface area contributed by atoms with E-state index in [-0.39, 0.29) is 12.6 Å². The Bertz CT molecular complexity index is 231. The average Bonchev–Trinajstić information content (AvgIpc) is 2.00. The summed E-state index contributed by atoms with van der Waals surface area (Å²) in [5, 5.41) is 2.22. The van der Waals surface area contributed by atoms with Gasteiger partial charge in [0.1, 0.15) is 6.61 Å². The normalized spacial score (nSPS) is 11.2. The van der Waals surface area contributed by atoms with Crippen molar-refractivity contribution in [2.45, 2.75) is 19.9 Å². The van der Waals surface area contributed by atoms with Crippen molar-refractivity contribution in [2.24, 2.45) is 4.99 Å². The minimum atomic E-state index is -0.401. The van der Waals surface area contributed by atoms with Gasteiger partial charge in [-0.2, -0.15) is 0 Å². The highest BCUT2D eigenvalue weighted by molar-refractivity contribution is 7.78. The van der Waals surface area contributed by atoms with Crippen LogP contribution in [0, 0.1) is 0 Å². The van der Waals surface area contributed by atoms with Gasteiger partial charge in [-0.25, -0.2) is 9.79 Å². The molecule has 1 atom stereocenters. The van der Waals surface area contributed by atoms with E-state index in [2.05, 4.69) is 29.0 Å². The zero-order valence-corrected chi connectivity index (χ0v) is 7.98. The second-order valence-corrected chi connectivity index (χ2v) is 2.63. The quantitative estimate of drug-likeness (QED) is 0.289. The second kappa shape index (κ2) is 5.63. The maximum atomic E-state index is 10.8. The van der Waals surface area contributed by atoms with Crippen LogP contribution in [0.2, 0.25) is 0 Å². The Morgan fingerprint density at radius 2 is 2.42 bits per heavy atom. The number of nitrogens with zero attached hydrogens (tertiary/aromatic N) is 1. The maximum absolute atomic E-state index is 10.8. The molecule has 0 rings (SSSR count). The molecule has 0 N–H and O–H groups in total. The van der Waals surface area contributed by atoms with E-state index in [4.69, 9.17) is 4.74 Å². The fourth-order valence-corrected chi connectivity index (χ4v) is 0.627. The fraction of sp³-hybridized carbons (Fsp3) is 0.500. The summed E-state index contributed by atoms with van der Waals surface area (Å²) in [4.78, 5) is 14.6. The predicted molar refractivity (Wildman–Crippen MR) is 50.3 cm³/mol. The van der Waals surface area contributed by atoms with Crippen LogP contribution in [0.25, 0.3) is 0 Å². The third-order valence-electron chi connectivity index (χ3n) is 1.08. The lowest BCUT2D eigenvalue weighted by atomic mass is 10.3. The van der Waals surface area contributed by atoms with E-state index in [0.717, 1.165) is 0 Å². The van der Waals surface area contributed by atoms with Gasteiger partial charge in [0.05, 0.1) is 11.2 Å². The number of esters is 1. The Morgan fingerprint density at radius 1 is 1.83 bits per heavy atom. The molecule has 0 aromatic rings. The summed E-state index contributed by atoms with van der Waals surface area (Å²) in [5.74, 6) is -0.401. The van der Waals surface area contributed by atoms with Crippen molar-refractivity contribution in [3.63, 3.8) is 0 Å². The molecule has 12 heavy (non-hydrogen) atoms. The largest absolute Gasteiger partial charge is 0.460 e. The maximum Gasteiger partial charge on any atom is 0.333 e. The number of aliphatic imine (C=N–C) groups is 1. The minimum absolute atomic E-state index is 0.134. The lowest BCUT2D eigenvalue weighted by Crippen LogP contribution is -2.14. The zero-order valence-electron chi connectivity index (χ0n) is 7.16. The molecule has 0 aliphatic heterocycles. The fourth-order valence-electron chi connectivity index (χ4n) is 0.447. The molecule has 0 radical (unpaired) electrons. The molecular formula is C8H11NO2S. The van der Waals surface area contributed by atoms with Crippen LogP contribution in [-0.4, -0.2) is 23.8 Å². The SMILES string of the molecule is C=C(C)C(=O)OCC(C)N=C=S. The monoisotopic (exact) mass is 185 g/mol. The molecule has 0 bridgehead atoms. The standard InChI is InChI=1S/C8H11NO2S/c1-6(2)8(10)11-4-7(3)9-5-12/h7H,1,4H2,2-3H3. The molecule has 0 saturated carbocycles. The van der Waals surface area contributed by atoms with Crippen molar-refractivity contribution < 1.29 is 9.53 Å². The number of hydrogen-bond acceptors (Lipinski definition) is 4. The Labute approximate surface area is 77.1 Å². The van der Waals surface area contributed by atoms with Crippen LogP contribution >= 0.6 is 12.2 Å². The van der Waals surface area contributed by atoms with Crippen LogP contribution in [0.15, 0.2) is 17.1 Å². The third-order valence-corrected chi connectivity index (χ3v) is 1.18. The van der Waals surface area contributed by atoms with Gasteiger partial charge in [0.2, 0.25) is 0 Å². The van der Waals surface area contributed by atoms with Crippen molar-refractivity contribution in [1.29, 1.82) is 0 Å². The number of hydrogen-bond donors (Lipinski definition) is 0. The smallest absolute Gasteiger partial charge is 0.333 e. The van der Waals surface area contributed by atoms with Gasteiger partial charge in [-0.15, -0.1) is 0 Å². The van der Waals surface area contributed by atoms with Gasteiger partial charge < -0.3 is 4.74 Å². The number of carbonyl (C=O) groups is 1. The summed E-state index contributed by atoms with van der Waals surface area (Å²) in [6.07, 6.45) is 0. The number of thiocarbonyl (C=S) groups is 1. The highest BCUT2D eigenvalue weighted by Crippen LogP contribution is 1.95. The van der Waals surface area contributed by atoms with Gasteiger partial charge in [0.15, 0.2) is 0 Å². The molecule has 4 heteroatoms. The number of isothiocyanates is 1. The lowest BCUT2D eigenvalue weighted by molar-refractivity contribution is -0.139. The highest BCUT2D eigenvalue weighted by atomic mass is 32.1. The summed E-state index contributed by atoms with van der Waals surface area (Å²) in [7, 11) is 0. The molecule has 0 amide bonds. The average molecular weight is 185 g/mol. The molecule has 3 nitrogen and oxygen atoms in total. The minimum Gasteiger partial charge on any atom is -0.460 e. The highest BCUT2D eigenvalue weighted by Gasteiger charge is 2.05. The molecule has 0 fully saturated rings. The van der Waals surface area contributed by atoms with Crippen LogP contribution in [0.1, 0.15) is 13.8 Å². The molecule has 0 spiro atoms. The van der Waals surface area contributed by atoms with Crippen molar-refractivity contribution in [2.75, 3.05) is 6.61 Å². The van der Waals surface area contributed by atoms with Gasteiger partial charge in [0, 0.05) is 5.57 Å². The van der Waals surface area contributed by atoms with E-state index in [0.29, 0.717) is 5.57 Å². The molecule has 0 aromatic carbocycles. The van der Waals surface area contributed by atoms with E-state index in [9.17, 15) is 4.79 Å². The summed E-state index contributed by atoms with van der Waals surface area (Å²) < 4.78 is 4.80. The Balaban J connectivity index is 3.75. The number of carbonyl (C=O) groups excluding carboxylic acids is 1. The van der Waals surface area contributed by atoms with Gasteiger partial charge >= 0.3 is 5.97 Å². The Hall–Kier alpha value is -0.990. The van der Waals surface area contributed by atoms with Crippen LogP contribution in [0.3, 0.4) is 0 Å². The topological polar surface area (TPSA) is 38.7 Å². The summed E-state index contributed by atoms with van der Waals surface area (Å²) in [6, 6.07) is -0.134. The van der Waals surface area contributed by atoms with Crippen LogP contribution < -0.4 is 0 Å². The van der Waals surface area contributed by atoms with E-state index in [1.807, 2.05) is 0 Å². The lowest BCUT2D eigenvalue weighted by Gasteiger charge is -2.05. The summed E-state index contributed by atoms with van der Waals surface area (Å²) in [5.41, 5.74) is 0.383. The number of ether oxygens (including phenoxy) is 1. The first-order valence-corrected chi connectivity index (χ1v) is 3.88. The zero-order chi connectivity index (χ0) is 9.56. The molecule has 0 saturated heterocycles. The van der Waals surface area contributed by atoms with Gasteiger partial charge in [-0.05, 0) is 26.1 Å². The van der Waals surface area contributed by atoms with Crippen LogP contribution in [0.4, 0.5) is 0 Å². The Morgan fingerprint density at radius 3 is 2.83 bits per heavy atom. The summed E-state index contributed by atoms with van der Waals surface area (Å²) in [6.45, 7) is 7.03. The molecule has 0 aliphatic rings. The molecule has 0 aliphatic carbocycles. The second-order valence-electron chi connectivity index (χ2n) is 2.45. The van der Waals surface area contributed by atoms with Crippen LogP contribution in [0.5, 0.6) is 0 Å². The van der Waals surface area contributed by atoms with Gasteiger partial charge in [0.25, 0.3) is 0 Å². The van der Waals surface area contributed by atoms with Crippen LogP contribution in [-0.2, 0) is 9.53 Å². The van der Waals surface area contributed by atoms with E-state index < -0.39 is 5.97 Å². The predicted octanol–water partition coefficient (Wildman–Crippen LogP) is 1.60. The van der Waals surface area contributed by atoms with Crippen molar-refractivity contribution in [3.8, 4) is 0 Å². The van der Waals surface area contributed by atoms with Crippen molar-refractivity contribution in [1.82, 2.24) is 0 Å². The molecular weight excluding hydrogens is 174 g/mol. The van der Waals surface area contributed by atoms with E-state index in [1.165, 1.54) is 0 Å². The van der Waals surface area contributed by atoms with Crippen molar-refractivity contribution >= 4 is 23.3 Å².